The van der Waals surface area contributed by atoms with Crippen molar-refractivity contribution in [1.29, 1.82) is 0 Å². The quantitative estimate of drug-likeness (QED) is 0.655. The molecule has 2 aromatic carbocycles. The van der Waals surface area contributed by atoms with Crippen LogP contribution in [0.2, 0.25) is 0 Å². The second-order valence-electron chi connectivity index (χ2n) is 6.19. The highest BCUT2D eigenvalue weighted by Crippen LogP contribution is 2.22. The summed E-state index contributed by atoms with van der Waals surface area (Å²) in [7, 11) is -2.25. The van der Waals surface area contributed by atoms with Crippen molar-refractivity contribution in [1.82, 2.24) is 9.62 Å². The number of sulfonamides is 1. The molecule has 0 radical (unpaired) electrons. The molecule has 0 heterocycles. The Morgan fingerprint density at radius 3 is 2.44 bits per heavy atom. The Labute approximate surface area is 167 Å². The van der Waals surface area contributed by atoms with Crippen molar-refractivity contribution in [2.24, 2.45) is 0 Å². The van der Waals surface area contributed by atoms with Crippen LogP contribution in [0.1, 0.15) is 31.4 Å². The largest absolute Gasteiger partial charge is 0.350 e. The summed E-state index contributed by atoms with van der Waals surface area (Å²) in [6.07, 6.45) is 0.587. The fourth-order valence-corrected chi connectivity index (χ4v) is 4.42. The van der Waals surface area contributed by atoms with Crippen LogP contribution >= 0.6 is 15.9 Å². The zero-order valence-electron chi connectivity index (χ0n) is 15.2. The van der Waals surface area contributed by atoms with Crippen LogP contribution in [0.3, 0.4) is 0 Å². The topological polar surface area (TPSA) is 66.5 Å². The van der Waals surface area contributed by atoms with Crippen LogP contribution in [0, 0.1) is 5.82 Å². The van der Waals surface area contributed by atoms with Crippen molar-refractivity contribution in [2.45, 2.75) is 30.7 Å². The number of hydrogen-bond donors (Lipinski definition) is 1. The summed E-state index contributed by atoms with van der Waals surface area (Å²) in [5, 5.41) is 2.91. The minimum atomic E-state index is -3.70. The van der Waals surface area contributed by atoms with Crippen LogP contribution in [0.25, 0.3) is 0 Å². The molecule has 0 fully saturated rings. The molecule has 0 saturated heterocycles. The van der Waals surface area contributed by atoms with Crippen molar-refractivity contribution < 1.29 is 17.6 Å². The number of benzene rings is 2. The fraction of sp³-hybridized carbons (Fsp3) is 0.316. The SMILES string of the molecule is CC(NC(=O)CCCN(C)S(=O)(=O)c1ccc(F)cc1)c1ccccc1Br. The Balaban J connectivity index is 1.85. The average molecular weight is 457 g/mol. The van der Waals surface area contributed by atoms with Gasteiger partial charge in [0.05, 0.1) is 10.9 Å². The highest BCUT2D eigenvalue weighted by atomic mass is 79.9. The maximum atomic E-state index is 13.0. The molecule has 0 saturated carbocycles. The molecule has 8 heteroatoms. The molecule has 0 spiro atoms. The zero-order valence-corrected chi connectivity index (χ0v) is 17.6. The van der Waals surface area contributed by atoms with Crippen molar-refractivity contribution in [2.75, 3.05) is 13.6 Å². The summed E-state index contributed by atoms with van der Waals surface area (Å²) in [6, 6.07) is 12.2. The monoisotopic (exact) mass is 456 g/mol. The number of carbonyl (C=O) groups is 1. The molecule has 0 aliphatic carbocycles. The first-order valence-corrected chi connectivity index (χ1v) is 10.7. The first kappa shape index (κ1) is 21.5. The molecule has 1 atom stereocenters. The van der Waals surface area contributed by atoms with Crippen molar-refractivity contribution in [3.05, 3.63) is 64.4 Å². The number of nitrogens with zero attached hydrogens (tertiary/aromatic N) is 1. The number of carbonyl (C=O) groups excluding carboxylic acids is 1. The van der Waals surface area contributed by atoms with Crippen molar-refractivity contribution in [3.63, 3.8) is 0 Å². The summed E-state index contributed by atoms with van der Waals surface area (Å²) in [5.74, 6) is -0.640. The summed E-state index contributed by atoms with van der Waals surface area (Å²) in [6.45, 7) is 2.08. The summed E-state index contributed by atoms with van der Waals surface area (Å²) in [4.78, 5) is 12.2. The standard InChI is InChI=1S/C19H22BrFN2O3S/c1-14(17-6-3-4-7-18(17)20)22-19(24)8-5-13-23(2)27(25,26)16-11-9-15(21)10-12-16/h3-4,6-7,9-12,14H,5,8,13H2,1-2H3,(H,22,24). The molecule has 2 aromatic rings. The van der Waals surface area contributed by atoms with Gasteiger partial charge in [-0.1, -0.05) is 34.1 Å². The molecule has 0 aliphatic heterocycles. The first-order chi connectivity index (χ1) is 12.7. The Hall–Kier alpha value is -1.77. The van der Waals surface area contributed by atoms with Gasteiger partial charge >= 0.3 is 0 Å². The van der Waals surface area contributed by atoms with E-state index < -0.39 is 15.8 Å². The number of nitrogens with one attached hydrogen (secondary N) is 1. The van der Waals surface area contributed by atoms with E-state index in [2.05, 4.69) is 21.2 Å². The lowest BCUT2D eigenvalue weighted by atomic mass is 10.1. The van der Waals surface area contributed by atoms with E-state index in [-0.39, 0.29) is 29.8 Å². The molecule has 0 bridgehead atoms. The number of hydrogen-bond acceptors (Lipinski definition) is 3. The normalized spacial score (nSPS) is 12.8. The molecule has 0 aromatic heterocycles. The lowest BCUT2D eigenvalue weighted by Gasteiger charge is -2.18. The highest BCUT2D eigenvalue weighted by Gasteiger charge is 2.21. The predicted molar refractivity (Wildman–Crippen MR) is 106 cm³/mol. The fourth-order valence-electron chi connectivity index (χ4n) is 2.59. The van der Waals surface area contributed by atoms with Gasteiger partial charge < -0.3 is 5.32 Å². The molecule has 1 amide bonds. The van der Waals surface area contributed by atoms with E-state index >= 15 is 0 Å². The van der Waals surface area contributed by atoms with E-state index in [1.54, 1.807) is 0 Å². The molecule has 1 N–H and O–H groups in total. The van der Waals surface area contributed by atoms with Gasteiger partial charge in [0.15, 0.2) is 0 Å². The molecular formula is C19H22BrFN2O3S. The third-order valence-electron chi connectivity index (χ3n) is 4.15. The predicted octanol–water partition coefficient (Wildman–Crippen LogP) is 3.87. The highest BCUT2D eigenvalue weighted by molar-refractivity contribution is 9.10. The number of amides is 1. The van der Waals surface area contributed by atoms with E-state index in [1.807, 2.05) is 31.2 Å². The number of halogens is 2. The van der Waals surface area contributed by atoms with Gasteiger partial charge in [-0.25, -0.2) is 17.1 Å². The third kappa shape index (κ3) is 5.85. The first-order valence-electron chi connectivity index (χ1n) is 8.47. The zero-order chi connectivity index (χ0) is 20.0. The van der Waals surface area contributed by atoms with Crippen LogP contribution in [0.5, 0.6) is 0 Å². The number of rotatable bonds is 8. The third-order valence-corrected chi connectivity index (χ3v) is 6.74. The maximum Gasteiger partial charge on any atom is 0.242 e. The summed E-state index contributed by atoms with van der Waals surface area (Å²) >= 11 is 3.46. The van der Waals surface area contributed by atoms with Gasteiger partial charge in [-0.3, -0.25) is 4.79 Å². The Kier molecular flexibility index (Phi) is 7.52. The molecule has 27 heavy (non-hydrogen) atoms. The van der Waals surface area contributed by atoms with Gasteiger partial charge in [0, 0.05) is 24.5 Å². The smallest absolute Gasteiger partial charge is 0.242 e. The lowest BCUT2D eigenvalue weighted by molar-refractivity contribution is -0.121. The minimum absolute atomic E-state index is 0.0263. The van der Waals surface area contributed by atoms with Gasteiger partial charge in [0.1, 0.15) is 5.82 Å². The van der Waals surface area contributed by atoms with Gasteiger partial charge in [0.25, 0.3) is 0 Å². The molecule has 0 aliphatic rings. The summed E-state index contributed by atoms with van der Waals surface area (Å²) < 4.78 is 39.9. The van der Waals surface area contributed by atoms with Gasteiger partial charge in [-0.15, -0.1) is 0 Å². The Morgan fingerprint density at radius 1 is 1.19 bits per heavy atom. The van der Waals surface area contributed by atoms with Crippen LogP contribution in [0.15, 0.2) is 57.9 Å². The minimum Gasteiger partial charge on any atom is -0.350 e. The van der Waals surface area contributed by atoms with Crippen LogP contribution < -0.4 is 5.32 Å². The molecular weight excluding hydrogens is 435 g/mol. The van der Waals surface area contributed by atoms with E-state index in [1.165, 1.54) is 23.5 Å². The lowest BCUT2D eigenvalue weighted by Crippen LogP contribution is -2.30. The maximum absolute atomic E-state index is 13.0. The van der Waals surface area contributed by atoms with Gasteiger partial charge in [0.2, 0.25) is 15.9 Å². The second-order valence-corrected chi connectivity index (χ2v) is 9.09. The molecule has 2 rings (SSSR count). The Bertz CT molecular complexity index is 888. The van der Waals surface area contributed by atoms with Crippen LogP contribution in [-0.4, -0.2) is 32.2 Å². The molecule has 5 nitrogen and oxygen atoms in total. The van der Waals surface area contributed by atoms with E-state index in [0.717, 1.165) is 22.2 Å². The van der Waals surface area contributed by atoms with Crippen molar-refractivity contribution in [3.8, 4) is 0 Å². The summed E-state index contributed by atoms with van der Waals surface area (Å²) in [5.41, 5.74) is 0.974. The van der Waals surface area contributed by atoms with Gasteiger partial charge in [-0.2, -0.15) is 0 Å². The van der Waals surface area contributed by atoms with Crippen LogP contribution in [-0.2, 0) is 14.8 Å². The molecule has 146 valence electrons. The van der Waals surface area contributed by atoms with Crippen molar-refractivity contribution >= 4 is 31.9 Å². The van der Waals surface area contributed by atoms with E-state index in [0.29, 0.717) is 6.42 Å². The molecule has 1 unspecified atom stereocenters. The average Bonchev–Trinajstić information content (AvgIpc) is 2.62. The second kappa shape index (κ2) is 9.43. The van der Waals surface area contributed by atoms with E-state index in [9.17, 15) is 17.6 Å². The van der Waals surface area contributed by atoms with Crippen LogP contribution in [0.4, 0.5) is 4.39 Å². The Morgan fingerprint density at radius 2 is 1.81 bits per heavy atom. The van der Waals surface area contributed by atoms with E-state index in [4.69, 9.17) is 0 Å². The van der Waals surface area contributed by atoms with Gasteiger partial charge in [-0.05, 0) is 49.2 Å².